The third-order valence-corrected chi connectivity index (χ3v) is 14.6. The number of hydrogen-bond donors (Lipinski definition) is 0. The molecule has 0 spiro atoms. The molecule has 8 aromatic carbocycles. The third kappa shape index (κ3) is 5.29. The Morgan fingerprint density at radius 3 is 1.71 bits per heavy atom. The minimum atomic E-state index is -0.105. The molecule has 0 amide bonds. The summed E-state index contributed by atoms with van der Waals surface area (Å²) in [6.07, 6.45) is 3.39. The number of hydrogen-bond acceptors (Lipinski definition) is 1. The van der Waals surface area contributed by atoms with E-state index in [9.17, 15) is 0 Å². The topological polar surface area (TPSA) is 3.24 Å². The molecular formula is C57H53N. The van der Waals surface area contributed by atoms with E-state index in [-0.39, 0.29) is 16.2 Å². The molecule has 0 bridgehead atoms. The number of fused-ring (bicyclic) bond motifs is 8. The largest absolute Gasteiger partial charge is 0.310 e. The first-order valence-electron chi connectivity index (χ1n) is 21.4. The Labute approximate surface area is 345 Å². The maximum Gasteiger partial charge on any atom is 0.0546 e. The summed E-state index contributed by atoms with van der Waals surface area (Å²) >= 11 is 0. The summed E-state index contributed by atoms with van der Waals surface area (Å²) in [7, 11) is 0. The minimum absolute atomic E-state index is 0.0513. The molecule has 2 aliphatic carbocycles. The molecule has 0 fully saturated rings. The van der Waals surface area contributed by atoms with Crippen molar-refractivity contribution in [2.75, 3.05) is 4.90 Å². The molecule has 0 heterocycles. The van der Waals surface area contributed by atoms with Crippen molar-refractivity contribution in [1.29, 1.82) is 0 Å². The molecule has 286 valence electrons. The quantitative estimate of drug-likeness (QED) is 0.149. The summed E-state index contributed by atoms with van der Waals surface area (Å²) in [4.78, 5) is 2.54. The van der Waals surface area contributed by atoms with E-state index < -0.39 is 0 Å². The lowest BCUT2D eigenvalue weighted by atomic mass is 9.74. The second-order valence-corrected chi connectivity index (χ2v) is 17.9. The molecule has 2 aliphatic rings. The number of anilines is 3. The van der Waals surface area contributed by atoms with Gasteiger partial charge >= 0.3 is 0 Å². The van der Waals surface area contributed by atoms with Crippen LogP contribution in [0.2, 0.25) is 0 Å². The van der Waals surface area contributed by atoms with E-state index in [1.165, 1.54) is 99.8 Å². The molecule has 0 aliphatic heterocycles. The van der Waals surface area contributed by atoms with Gasteiger partial charge in [-0.1, -0.05) is 158 Å². The first kappa shape index (κ1) is 36.4. The second-order valence-electron chi connectivity index (χ2n) is 17.9. The number of nitrogens with zero attached hydrogens (tertiary/aromatic N) is 1. The molecule has 0 radical (unpaired) electrons. The highest BCUT2D eigenvalue weighted by Crippen LogP contribution is 2.54. The van der Waals surface area contributed by atoms with Crippen LogP contribution in [0.1, 0.15) is 95.5 Å². The average molecular weight is 752 g/mol. The van der Waals surface area contributed by atoms with Crippen LogP contribution in [0.25, 0.3) is 54.9 Å². The molecule has 1 nitrogen and oxygen atoms in total. The van der Waals surface area contributed by atoms with E-state index >= 15 is 0 Å². The van der Waals surface area contributed by atoms with E-state index in [1.54, 1.807) is 0 Å². The Morgan fingerprint density at radius 2 is 0.983 bits per heavy atom. The van der Waals surface area contributed by atoms with Crippen molar-refractivity contribution in [3.8, 4) is 33.4 Å². The summed E-state index contributed by atoms with van der Waals surface area (Å²) in [6.45, 7) is 16.5. The maximum atomic E-state index is 2.54. The summed E-state index contributed by atoms with van der Waals surface area (Å²) in [6, 6.07) is 60.3. The van der Waals surface area contributed by atoms with Gasteiger partial charge in [0.2, 0.25) is 0 Å². The Bertz CT molecular complexity index is 2890. The van der Waals surface area contributed by atoms with Crippen LogP contribution in [0.3, 0.4) is 0 Å². The van der Waals surface area contributed by atoms with E-state index in [0.29, 0.717) is 0 Å². The van der Waals surface area contributed by atoms with Gasteiger partial charge in [-0.05, 0) is 150 Å². The van der Waals surface area contributed by atoms with Crippen molar-refractivity contribution in [3.05, 3.63) is 186 Å². The lowest BCUT2D eigenvalue weighted by Gasteiger charge is -2.33. The summed E-state index contributed by atoms with van der Waals surface area (Å²) in [5.74, 6) is 0. The molecule has 8 aromatic rings. The zero-order valence-corrected chi connectivity index (χ0v) is 35.1. The predicted octanol–water partition coefficient (Wildman–Crippen LogP) is 16.2. The molecule has 0 N–H and O–H groups in total. The van der Waals surface area contributed by atoms with E-state index in [1.807, 2.05) is 0 Å². The molecule has 0 saturated carbocycles. The molecule has 58 heavy (non-hydrogen) atoms. The van der Waals surface area contributed by atoms with Gasteiger partial charge in [0.15, 0.2) is 0 Å². The lowest BCUT2D eigenvalue weighted by Crippen LogP contribution is -2.23. The van der Waals surface area contributed by atoms with Crippen LogP contribution in [0.5, 0.6) is 0 Å². The van der Waals surface area contributed by atoms with Gasteiger partial charge in [0.05, 0.1) is 5.69 Å². The first-order valence-corrected chi connectivity index (χ1v) is 21.4. The normalized spacial score (nSPS) is 14.6. The average Bonchev–Trinajstić information content (AvgIpc) is 3.62. The summed E-state index contributed by atoms with van der Waals surface area (Å²) in [5, 5.41) is 5.08. The van der Waals surface area contributed by atoms with Crippen LogP contribution in [0.15, 0.2) is 158 Å². The van der Waals surface area contributed by atoms with E-state index in [0.717, 1.165) is 19.3 Å². The minimum Gasteiger partial charge on any atom is -0.310 e. The predicted molar refractivity (Wildman–Crippen MR) is 249 cm³/mol. The molecule has 0 saturated heterocycles. The van der Waals surface area contributed by atoms with Crippen molar-refractivity contribution in [2.45, 2.75) is 84.0 Å². The van der Waals surface area contributed by atoms with Gasteiger partial charge in [-0.3, -0.25) is 0 Å². The Morgan fingerprint density at radius 1 is 0.431 bits per heavy atom. The monoisotopic (exact) mass is 751 g/mol. The van der Waals surface area contributed by atoms with Gasteiger partial charge in [-0.15, -0.1) is 0 Å². The fraction of sp³-hybridized carbons (Fsp3) is 0.228. The van der Waals surface area contributed by atoms with Crippen molar-refractivity contribution >= 4 is 38.6 Å². The molecule has 0 unspecified atom stereocenters. The highest BCUT2D eigenvalue weighted by atomic mass is 15.1. The van der Waals surface area contributed by atoms with Crippen LogP contribution in [0, 0.1) is 0 Å². The van der Waals surface area contributed by atoms with Crippen molar-refractivity contribution in [2.24, 2.45) is 0 Å². The highest BCUT2D eigenvalue weighted by molar-refractivity contribution is 6.06. The molecule has 0 aromatic heterocycles. The number of rotatable bonds is 8. The van der Waals surface area contributed by atoms with Crippen molar-refractivity contribution in [1.82, 2.24) is 0 Å². The van der Waals surface area contributed by atoms with Crippen LogP contribution in [-0.4, -0.2) is 0 Å². The van der Waals surface area contributed by atoms with Gasteiger partial charge < -0.3 is 4.90 Å². The van der Waals surface area contributed by atoms with Gasteiger partial charge in [-0.2, -0.15) is 0 Å². The SMILES string of the molecule is CCC(CC)(CC)c1ccc(N(c2ccc3c(c2)-c2cc4ccccc4cc2C3(C)C)c2ccc3ccccc3c2-c2ccc3c(c2)-c2ccccc2C3(C)C)cc1. The Kier molecular flexibility index (Phi) is 8.36. The van der Waals surface area contributed by atoms with Gasteiger partial charge in [-0.25, -0.2) is 0 Å². The molecule has 0 atom stereocenters. The van der Waals surface area contributed by atoms with Crippen LogP contribution in [-0.2, 0) is 16.2 Å². The van der Waals surface area contributed by atoms with Gasteiger partial charge in [0, 0.05) is 27.8 Å². The Balaban J connectivity index is 1.23. The van der Waals surface area contributed by atoms with E-state index in [2.05, 4.69) is 211 Å². The van der Waals surface area contributed by atoms with Crippen LogP contribution >= 0.6 is 0 Å². The Hall–Kier alpha value is -5.92. The van der Waals surface area contributed by atoms with Gasteiger partial charge in [0.25, 0.3) is 0 Å². The van der Waals surface area contributed by atoms with E-state index in [4.69, 9.17) is 0 Å². The number of benzene rings is 8. The zero-order chi connectivity index (χ0) is 40.0. The third-order valence-electron chi connectivity index (χ3n) is 14.6. The molecule has 1 heteroatoms. The fourth-order valence-electron chi connectivity index (χ4n) is 10.9. The maximum absolute atomic E-state index is 2.54. The highest BCUT2D eigenvalue weighted by Gasteiger charge is 2.38. The first-order chi connectivity index (χ1) is 28.1. The van der Waals surface area contributed by atoms with Crippen LogP contribution in [0.4, 0.5) is 17.1 Å². The van der Waals surface area contributed by atoms with Crippen molar-refractivity contribution < 1.29 is 0 Å². The molecular weight excluding hydrogens is 699 g/mol. The molecule has 10 rings (SSSR count). The standard InChI is InChI=1S/C57H53N/c1-8-57(9-2,10-3)41-25-27-42(28-26-41)58(43-29-31-51-48(36-43)47-33-38-18-11-12-19-39(38)35-52(47)56(51,6)7)53-32-24-37-17-13-14-20-44(37)54(53)40-23-30-50-46(34-40)45-21-15-16-22-49(45)55(50,4)5/h11-36H,8-10H2,1-7H3. The summed E-state index contributed by atoms with van der Waals surface area (Å²) in [5.41, 5.74) is 18.4. The lowest BCUT2D eigenvalue weighted by molar-refractivity contribution is 0.382. The second kappa shape index (κ2) is 13.3. The van der Waals surface area contributed by atoms with Crippen LogP contribution < -0.4 is 4.90 Å². The van der Waals surface area contributed by atoms with Gasteiger partial charge in [0.1, 0.15) is 0 Å². The summed E-state index contributed by atoms with van der Waals surface area (Å²) < 4.78 is 0. The zero-order valence-electron chi connectivity index (χ0n) is 35.1. The van der Waals surface area contributed by atoms with Crippen molar-refractivity contribution in [3.63, 3.8) is 0 Å². The smallest absolute Gasteiger partial charge is 0.0546 e. The fourth-order valence-corrected chi connectivity index (χ4v) is 10.9.